The van der Waals surface area contributed by atoms with Crippen LogP contribution in [0.25, 0.3) is 0 Å². The monoisotopic (exact) mass is 363 g/mol. The molecule has 0 saturated carbocycles. The number of anilines is 1. The molecule has 2 aromatic rings. The number of guanidine groups is 1. The molecule has 0 aromatic heterocycles. The largest absolute Gasteiger partial charge is 0.493 e. The molecular weight excluding hydrogens is 340 g/mol. The molecule has 0 aliphatic rings. The Morgan fingerprint density at radius 1 is 1.04 bits per heavy atom. The number of benzene rings is 2. The highest BCUT2D eigenvalue weighted by Gasteiger charge is 2.11. The van der Waals surface area contributed by atoms with Crippen LogP contribution in [0, 0.1) is 11.6 Å². The van der Waals surface area contributed by atoms with E-state index in [2.05, 4.69) is 15.6 Å². The Bertz CT molecular complexity index is 781. The third kappa shape index (κ3) is 4.84. The summed E-state index contributed by atoms with van der Waals surface area (Å²) in [5.41, 5.74) is 1.48. The van der Waals surface area contributed by atoms with Gasteiger partial charge in [-0.15, -0.1) is 0 Å². The maximum Gasteiger partial charge on any atom is 0.195 e. The second-order valence-corrected chi connectivity index (χ2v) is 5.72. The molecule has 0 heterocycles. The molecule has 140 valence electrons. The smallest absolute Gasteiger partial charge is 0.195 e. The van der Waals surface area contributed by atoms with Crippen molar-refractivity contribution < 1.29 is 18.3 Å². The molecule has 0 aliphatic carbocycles. The lowest BCUT2D eigenvalue weighted by atomic mass is 10.0. The summed E-state index contributed by atoms with van der Waals surface area (Å²) in [5, 5.41) is 6.32. The fourth-order valence-electron chi connectivity index (χ4n) is 2.42. The van der Waals surface area contributed by atoms with Gasteiger partial charge in [-0.3, -0.25) is 4.99 Å². The average molecular weight is 363 g/mol. The fraction of sp³-hybridized carbons (Fsp3) is 0.316. The number of aliphatic imine (C=N–C) groups is 1. The van der Waals surface area contributed by atoms with E-state index in [1.807, 2.05) is 13.0 Å². The molecule has 1 atom stereocenters. The molecule has 0 aliphatic heterocycles. The van der Waals surface area contributed by atoms with Gasteiger partial charge in [0.25, 0.3) is 0 Å². The second kappa shape index (κ2) is 9.03. The van der Waals surface area contributed by atoms with Crippen molar-refractivity contribution in [1.82, 2.24) is 5.32 Å². The highest BCUT2D eigenvalue weighted by molar-refractivity contribution is 5.93. The van der Waals surface area contributed by atoms with E-state index in [9.17, 15) is 8.78 Å². The summed E-state index contributed by atoms with van der Waals surface area (Å²) in [7, 11) is 4.79. The molecule has 2 rings (SSSR count). The summed E-state index contributed by atoms with van der Waals surface area (Å²) in [5.74, 6) is 0.0544. The van der Waals surface area contributed by atoms with Crippen LogP contribution in [-0.2, 0) is 0 Å². The first-order valence-corrected chi connectivity index (χ1v) is 8.13. The highest BCUT2D eigenvalue weighted by Crippen LogP contribution is 2.29. The summed E-state index contributed by atoms with van der Waals surface area (Å²) < 4.78 is 36.9. The van der Waals surface area contributed by atoms with Gasteiger partial charge in [0.2, 0.25) is 0 Å². The summed E-state index contributed by atoms with van der Waals surface area (Å²) in [4.78, 5) is 4.17. The number of hydrogen-bond acceptors (Lipinski definition) is 3. The van der Waals surface area contributed by atoms with E-state index in [1.165, 1.54) is 6.07 Å². The first-order valence-electron chi connectivity index (χ1n) is 8.13. The predicted octanol–water partition coefficient (Wildman–Crippen LogP) is 3.77. The van der Waals surface area contributed by atoms with E-state index in [-0.39, 0.29) is 5.92 Å². The Morgan fingerprint density at radius 3 is 2.38 bits per heavy atom. The van der Waals surface area contributed by atoms with Crippen molar-refractivity contribution in [3.8, 4) is 11.5 Å². The predicted molar refractivity (Wildman–Crippen MR) is 99.3 cm³/mol. The summed E-state index contributed by atoms with van der Waals surface area (Å²) in [6.07, 6.45) is 0. The Kier molecular flexibility index (Phi) is 6.77. The van der Waals surface area contributed by atoms with Gasteiger partial charge in [-0.25, -0.2) is 8.78 Å². The van der Waals surface area contributed by atoms with Crippen LogP contribution in [0.1, 0.15) is 18.4 Å². The Morgan fingerprint density at radius 2 is 1.77 bits per heavy atom. The normalized spacial score (nSPS) is 12.5. The molecule has 0 spiro atoms. The minimum Gasteiger partial charge on any atom is -0.493 e. The van der Waals surface area contributed by atoms with Crippen LogP contribution in [0.15, 0.2) is 41.4 Å². The van der Waals surface area contributed by atoms with Crippen molar-refractivity contribution in [2.45, 2.75) is 12.8 Å². The van der Waals surface area contributed by atoms with Crippen molar-refractivity contribution in [2.24, 2.45) is 4.99 Å². The number of methoxy groups -OCH3 is 2. The number of hydrogen-bond donors (Lipinski definition) is 2. The molecule has 0 saturated heterocycles. The molecule has 0 fully saturated rings. The third-order valence-corrected chi connectivity index (χ3v) is 3.96. The van der Waals surface area contributed by atoms with E-state index >= 15 is 0 Å². The van der Waals surface area contributed by atoms with Crippen LogP contribution < -0.4 is 20.1 Å². The molecule has 26 heavy (non-hydrogen) atoms. The van der Waals surface area contributed by atoms with Gasteiger partial charge in [-0.1, -0.05) is 13.0 Å². The van der Waals surface area contributed by atoms with Crippen molar-refractivity contribution >= 4 is 11.6 Å². The minimum atomic E-state index is -0.847. The van der Waals surface area contributed by atoms with E-state index in [1.54, 1.807) is 39.5 Å². The first kappa shape index (κ1) is 19.5. The zero-order chi connectivity index (χ0) is 19.1. The maximum absolute atomic E-state index is 13.4. The van der Waals surface area contributed by atoms with Gasteiger partial charge >= 0.3 is 0 Å². The number of ether oxygens (including phenoxy) is 2. The van der Waals surface area contributed by atoms with Crippen molar-refractivity contribution in [2.75, 3.05) is 33.1 Å². The molecule has 5 nitrogen and oxygen atoms in total. The summed E-state index contributed by atoms with van der Waals surface area (Å²) in [6.45, 7) is 2.42. The van der Waals surface area contributed by atoms with Gasteiger partial charge < -0.3 is 20.1 Å². The van der Waals surface area contributed by atoms with Crippen LogP contribution in [0.4, 0.5) is 14.5 Å². The first-order chi connectivity index (χ1) is 12.5. The van der Waals surface area contributed by atoms with Crippen molar-refractivity contribution in [1.29, 1.82) is 0 Å². The minimum absolute atomic E-state index is 0.0333. The van der Waals surface area contributed by atoms with Gasteiger partial charge in [0.05, 0.1) is 14.2 Å². The maximum atomic E-state index is 13.4. The van der Waals surface area contributed by atoms with Gasteiger partial charge in [0, 0.05) is 25.3 Å². The van der Waals surface area contributed by atoms with E-state index in [0.717, 1.165) is 11.8 Å². The summed E-state index contributed by atoms with van der Waals surface area (Å²) >= 11 is 0. The van der Waals surface area contributed by atoms with Gasteiger partial charge in [0.15, 0.2) is 29.1 Å². The fourth-order valence-corrected chi connectivity index (χ4v) is 2.42. The van der Waals surface area contributed by atoms with Gasteiger partial charge in [-0.05, 0) is 35.7 Å². The Balaban J connectivity index is 2.00. The lowest BCUT2D eigenvalue weighted by Gasteiger charge is -2.17. The van der Waals surface area contributed by atoms with Crippen LogP contribution in [-0.4, -0.2) is 33.8 Å². The molecule has 1 unspecified atom stereocenters. The van der Waals surface area contributed by atoms with Crippen LogP contribution in [0.5, 0.6) is 11.5 Å². The zero-order valence-electron chi connectivity index (χ0n) is 15.3. The Labute approximate surface area is 152 Å². The van der Waals surface area contributed by atoms with Crippen LogP contribution in [0.3, 0.4) is 0 Å². The molecule has 0 bridgehead atoms. The second-order valence-electron chi connectivity index (χ2n) is 5.72. The quantitative estimate of drug-likeness (QED) is 0.606. The van der Waals surface area contributed by atoms with Crippen molar-refractivity contribution in [3.63, 3.8) is 0 Å². The molecule has 0 radical (unpaired) electrons. The topological polar surface area (TPSA) is 54.9 Å². The molecular formula is C19H23F2N3O2. The SMILES string of the molecule is CN=C(NCC(C)c1ccc(F)c(F)c1)Nc1ccc(OC)c(OC)c1. The van der Waals surface area contributed by atoms with Gasteiger partial charge in [-0.2, -0.15) is 0 Å². The number of nitrogens with one attached hydrogen (secondary N) is 2. The van der Waals surface area contributed by atoms with Gasteiger partial charge in [0.1, 0.15) is 0 Å². The number of halogens is 2. The lowest BCUT2D eigenvalue weighted by Crippen LogP contribution is -2.33. The molecule has 2 N–H and O–H groups in total. The molecule has 7 heteroatoms. The highest BCUT2D eigenvalue weighted by atomic mass is 19.2. The lowest BCUT2D eigenvalue weighted by molar-refractivity contribution is 0.355. The average Bonchev–Trinajstić information content (AvgIpc) is 2.66. The standard InChI is InChI=1S/C19H23F2N3O2/c1-12(13-5-7-15(20)16(21)9-13)11-23-19(22-2)24-14-6-8-17(25-3)18(10-14)26-4/h5-10,12H,11H2,1-4H3,(H2,22,23,24). The Hall–Kier alpha value is -2.83. The zero-order valence-corrected chi connectivity index (χ0v) is 15.3. The van der Waals surface area contributed by atoms with E-state index < -0.39 is 11.6 Å². The van der Waals surface area contributed by atoms with Crippen LogP contribution >= 0.6 is 0 Å². The third-order valence-electron chi connectivity index (χ3n) is 3.96. The molecule has 0 amide bonds. The number of rotatable bonds is 6. The summed E-state index contributed by atoms with van der Waals surface area (Å²) in [6, 6.07) is 9.36. The molecule has 2 aromatic carbocycles. The van der Waals surface area contributed by atoms with Crippen LogP contribution in [0.2, 0.25) is 0 Å². The van der Waals surface area contributed by atoms with Crippen molar-refractivity contribution in [3.05, 3.63) is 53.6 Å². The van der Waals surface area contributed by atoms with E-state index in [4.69, 9.17) is 9.47 Å². The van der Waals surface area contributed by atoms with E-state index in [0.29, 0.717) is 29.6 Å². The number of nitrogens with zero attached hydrogens (tertiary/aromatic N) is 1.